The summed E-state index contributed by atoms with van der Waals surface area (Å²) in [5.41, 5.74) is 1.67. The molecule has 0 saturated carbocycles. The van der Waals surface area contributed by atoms with Crippen molar-refractivity contribution in [2.45, 2.75) is 12.5 Å². The van der Waals surface area contributed by atoms with Crippen molar-refractivity contribution in [2.75, 3.05) is 32.6 Å². The van der Waals surface area contributed by atoms with Crippen molar-refractivity contribution >= 4 is 11.6 Å². The summed E-state index contributed by atoms with van der Waals surface area (Å²) in [6.45, 7) is 1.43. The number of hydrogen-bond acceptors (Lipinski definition) is 4. The highest BCUT2D eigenvalue weighted by Gasteiger charge is 2.27. The van der Waals surface area contributed by atoms with E-state index in [1.54, 1.807) is 32.4 Å². The van der Waals surface area contributed by atoms with Gasteiger partial charge in [-0.1, -0.05) is 18.2 Å². The lowest BCUT2D eigenvalue weighted by Crippen LogP contribution is -2.31. The molecule has 126 valence electrons. The summed E-state index contributed by atoms with van der Waals surface area (Å²) in [6.07, 6.45) is 0.932. The second-order valence-electron chi connectivity index (χ2n) is 5.85. The summed E-state index contributed by atoms with van der Waals surface area (Å²) >= 11 is 0. The Bertz CT molecular complexity index is 681. The Morgan fingerprint density at radius 2 is 1.75 bits per heavy atom. The molecule has 1 N–H and O–H groups in total. The lowest BCUT2D eigenvalue weighted by atomic mass is 10.1. The molecule has 1 unspecified atom stereocenters. The van der Waals surface area contributed by atoms with E-state index in [0.717, 1.165) is 18.7 Å². The molecule has 2 aromatic rings. The normalized spacial score (nSPS) is 16.8. The number of nitrogens with zero attached hydrogens (tertiary/aromatic N) is 1. The molecule has 1 heterocycles. The molecule has 0 spiro atoms. The number of para-hydroxylation sites is 1. The fourth-order valence-corrected chi connectivity index (χ4v) is 2.95. The molecule has 0 aromatic heterocycles. The molecule has 1 aliphatic rings. The molecule has 1 saturated heterocycles. The van der Waals surface area contributed by atoms with Gasteiger partial charge in [-0.15, -0.1) is 0 Å². The van der Waals surface area contributed by atoms with Crippen LogP contribution in [0.15, 0.2) is 48.5 Å². The Balaban J connectivity index is 1.68. The summed E-state index contributed by atoms with van der Waals surface area (Å²) < 4.78 is 10.5. The lowest BCUT2D eigenvalue weighted by Gasteiger charge is -2.18. The number of hydrogen-bond donors (Lipinski definition) is 1. The van der Waals surface area contributed by atoms with Crippen molar-refractivity contribution in [1.82, 2.24) is 4.90 Å². The van der Waals surface area contributed by atoms with Crippen LogP contribution < -0.4 is 14.8 Å². The third kappa shape index (κ3) is 3.62. The molecule has 5 heteroatoms. The standard InChI is InChI=1S/C19H22N2O3/c1-23-17-10-14(11-18(12-17)24-2)19(22)21-9-8-16(13-21)20-15-6-4-3-5-7-15/h3-7,10-12,16,20H,8-9,13H2,1-2H3. The predicted molar refractivity (Wildman–Crippen MR) is 93.9 cm³/mol. The van der Waals surface area contributed by atoms with E-state index in [4.69, 9.17) is 9.47 Å². The average molecular weight is 326 g/mol. The number of carbonyl (C=O) groups excluding carboxylic acids is 1. The highest BCUT2D eigenvalue weighted by atomic mass is 16.5. The summed E-state index contributed by atoms with van der Waals surface area (Å²) in [4.78, 5) is 14.6. The van der Waals surface area contributed by atoms with Crippen LogP contribution >= 0.6 is 0 Å². The van der Waals surface area contributed by atoms with E-state index in [1.807, 2.05) is 35.2 Å². The van der Waals surface area contributed by atoms with Crippen LogP contribution in [0.5, 0.6) is 11.5 Å². The number of benzene rings is 2. The molecule has 1 fully saturated rings. The number of anilines is 1. The van der Waals surface area contributed by atoms with E-state index in [9.17, 15) is 4.79 Å². The first-order valence-corrected chi connectivity index (χ1v) is 8.03. The van der Waals surface area contributed by atoms with Gasteiger partial charge in [-0.3, -0.25) is 4.79 Å². The largest absolute Gasteiger partial charge is 0.497 e. The number of rotatable bonds is 5. The van der Waals surface area contributed by atoms with Gasteiger partial charge in [0, 0.05) is 36.4 Å². The Hall–Kier alpha value is -2.69. The molecule has 1 atom stereocenters. The van der Waals surface area contributed by atoms with E-state index < -0.39 is 0 Å². The number of nitrogens with one attached hydrogen (secondary N) is 1. The van der Waals surface area contributed by atoms with E-state index in [2.05, 4.69) is 5.32 Å². The SMILES string of the molecule is COc1cc(OC)cc(C(=O)N2CCC(Nc3ccccc3)C2)c1. The number of ether oxygens (including phenoxy) is 2. The first kappa shape index (κ1) is 16.2. The minimum atomic E-state index is 0.00422. The number of carbonyl (C=O) groups is 1. The maximum Gasteiger partial charge on any atom is 0.254 e. The molecular formula is C19H22N2O3. The Kier molecular flexibility index (Phi) is 4.89. The molecule has 0 bridgehead atoms. The summed E-state index contributed by atoms with van der Waals surface area (Å²) in [5.74, 6) is 1.25. The van der Waals surface area contributed by atoms with Gasteiger partial charge >= 0.3 is 0 Å². The lowest BCUT2D eigenvalue weighted by molar-refractivity contribution is 0.0791. The van der Waals surface area contributed by atoms with E-state index in [-0.39, 0.29) is 11.9 Å². The fraction of sp³-hybridized carbons (Fsp3) is 0.316. The van der Waals surface area contributed by atoms with Gasteiger partial charge in [0.2, 0.25) is 0 Å². The maximum atomic E-state index is 12.8. The highest BCUT2D eigenvalue weighted by Crippen LogP contribution is 2.25. The van der Waals surface area contributed by atoms with Gasteiger partial charge in [0.05, 0.1) is 14.2 Å². The monoisotopic (exact) mass is 326 g/mol. The summed E-state index contributed by atoms with van der Waals surface area (Å²) in [5, 5.41) is 3.48. The third-order valence-electron chi connectivity index (χ3n) is 4.22. The van der Waals surface area contributed by atoms with Gasteiger partial charge in [0.1, 0.15) is 11.5 Å². The molecule has 5 nitrogen and oxygen atoms in total. The third-order valence-corrected chi connectivity index (χ3v) is 4.22. The minimum Gasteiger partial charge on any atom is -0.497 e. The van der Waals surface area contributed by atoms with Gasteiger partial charge in [-0.05, 0) is 30.7 Å². The minimum absolute atomic E-state index is 0.00422. The van der Waals surface area contributed by atoms with Crippen molar-refractivity contribution < 1.29 is 14.3 Å². The zero-order chi connectivity index (χ0) is 16.9. The number of amides is 1. The zero-order valence-corrected chi connectivity index (χ0v) is 14.0. The zero-order valence-electron chi connectivity index (χ0n) is 14.0. The average Bonchev–Trinajstić information content (AvgIpc) is 3.09. The summed E-state index contributed by atoms with van der Waals surface area (Å²) in [6, 6.07) is 15.6. The quantitative estimate of drug-likeness (QED) is 0.917. The fourth-order valence-electron chi connectivity index (χ4n) is 2.95. The van der Waals surface area contributed by atoms with Crippen LogP contribution in [0.1, 0.15) is 16.8 Å². The second-order valence-corrected chi connectivity index (χ2v) is 5.85. The number of likely N-dealkylation sites (tertiary alicyclic amines) is 1. The molecule has 1 aliphatic heterocycles. The summed E-state index contributed by atoms with van der Waals surface area (Å²) in [7, 11) is 3.16. The van der Waals surface area contributed by atoms with Crippen LogP contribution in [-0.4, -0.2) is 44.2 Å². The van der Waals surface area contributed by atoms with Crippen molar-refractivity contribution in [1.29, 1.82) is 0 Å². The first-order chi connectivity index (χ1) is 11.7. The van der Waals surface area contributed by atoms with Gasteiger partial charge in [0.25, 0.3) is 5.91 Å². The Morgan fingerprint density at radius 1 is 1.08 bits per heavy atom. The van der Waals surface area contributed by atoms with E-state index in [0.29, 0.717) is 23.6 Å². The van der Waals surface area contributed by atoms with Gasteiger partial charge in [-0.2, -0.15) is 0 Å². The van der Waals surface area contributed by atoms with Gasteiger partial charge in [0.15, 0.2) is 0 Å². The van der Waals surface area contributed by atoms with Crippen LogP contribution in [0.4, 0.5) is 5.69 Å². The second kappa shape index (κ2) is 7.25. The van der Waals surface area contributed by atoms with Crippen LogP contribution in [-0.2, 0) is 0 Å². The van der Waals surface area contributed by atoms with Crippen molar-refractivity contribution in [3.05, 3.63) is 54.1 Å². The predicted octanol–water partition coefficient (Wildman–Crippen LogP) is 3.03. The molecule has 24 heavy (non-hydrogen) atoms. The molecule has 0 radical (unpaired) electrons. The number of methoxy groups -OCH3 is 2. The molecule has 1 amide bonds. The molecule has 3 rings (SSSR count). The first-order valence-electron chi connectivity index (χ1n) is 8.03. The van der Waals surface area contributed by atoms with Crippen LogP contribution in [0.2, 0.25) is 0 Å². The smallest absolute Gasteiger partial charge is 0.254 e. The Morgan fingerprint density at radius 3 is 2.38 bits per heavy atom. The van der Waals surface area contributed by atoms with Crippen molar-refractivity contribution in [3.63, 3.8) is 0 Å². The van der Waals surface area contributed by atoms with Gasteiger partial charge in [-0.25, -0.2) is 0 Å². The van der Waals surface area contributed by atoms with Crippen LogP contribution in [0.3, 0.4) is 0 Å². The topological polar surface area (TPSA) is 50.8 Å². The molecule has 0 aliphatic carbocycles. The highest BCUT2D eigenvalue weighted by molar-refractivity contribution is 5.95. The van der Waals surface area contributed by atoms with Crippen LogP contribution in [0.25, 0.3) is 0 Å². The molecular weight excluding hydrogens is 304 g/mol. The van der Waals surface area contributed by atoms with E-state index >= 15 is 0 Å². The Labute approximate surface area is 142 Å². The van der Waals surface area contributed by atoms with E-state index in [1.165, 1.54) is 0 Å². The molecule has 2 aromatic carbocycles. The van der Waals surface area contributed by atoms with Gasteiger partial charge < -0.3 is 19.7 Å². The van der Waals surface area contributed by atoms with Crippen molar-refractivity contribution in [2.24, 2.45) is 0 Å². The van der Waals surface area contributed by atoms with Crippen molar-refractivity contribution in [3.8, 4) is 11.5 Å². The maximum absolute atomic E-state index is 12.8. The van der Waals surface area contributed by atoms with Crippen LogP contribution in [0, 0.1) is 0 Å².